The topological polar surface area (TPSA) is 70.7 Å². The third-order valence-electron chi connectivity index (χ3n) is 1.99. The number of nitrogens with zero attached hydrogens (tertiary/aromatic N) is 1. The largest absolute Gasteiger partial charge is 0.344 e. The summed E-state index contributed by atoms with van der Waals surface area (Å²) in [5.74, 6) is 0.148. The minimum Gasteiger partial charge on any atom is -0.247 e. The highest BCUT2D eigenvalue weighted by Gasteiger charge is 2.09. The van der Waals surface area contributed by atoms with E-state index in [1.165, 1.54) is 0 Å². The standard InChI is InChI=1S/C8H9N3O2/c12-7-9-10-8(13)11(7)5-6-3-1-2-4-6/h1-4,6H,5H2,(H,9,12)(H,10,13). The van der Waals surface area contributed by atoms with Gasteiger partial charge in [0.15, 0.2) is 0 Å². The first kappa shape index (κ1) is 7.85. The van der Waals surface area contributed by atoms with Gasteiger partial charge in [0.1, 0.15) is 0 Å². The second-order valence-electron chi connectivity index (χ2n) is 2.90. The predicted molar refractivity (Wildman–Crippen MR) is 47.4 cm³/mol. The molecule has 0 radical (unpaired) electrons. The summed E-state index contributed by atoms with van der Waals surface area (Å²) in [6, 6.07) is 0. The molecule has 0 atom stereocenters. The van der Waals surface area contributed by atoms with Crippen LogP contribution < -0.4 is 11.4 Å². The van der Waals surface area contributed by atoms with Crippen LogP contribution in [0.1, 0.15) is 0 Å². The van der Waals surface area contributed by atoms with E-state index in [1.807, 2.05) is 24.3 Å². The number of aromatic amines is 2. The Kier molecular flexibility index (Phi) is 1.77. The maximum absolute atomic E-state index is 11.1. The van der Waals surface area contributed by atoms with Gasteiger partial charge in [-0.25, -0.2) is 24.4 Å². The summed E-state index contributed by atoms with van der Waals surface area (Å²) >= 11 is 0. The predicted octanol–water partition coefficient (Wildman–Crippen LogP) is -0.393. The number of H-pyrrole nitrogens is 2. The molecule has 0 amide bonds. The molecular formula is C8H9N3O2. The van der Waals surface area contributed by atoms with Crippen LogP contribution in [0, 0.1) is 5.92 Å². The Labute approximate surface area is 73.4 Å². The van der Waals surface area contributed by atoms with E-state index in [0.717, 1.165) is 4.57 Å². The summed E-state index contributed by atoms with van der Waals surface area (Å²) in [6.45, 7) is 0.394. The van der Waals surface area contributed by atoms with Crippen molar-refractivity contribution in [2.24, 2.45) is 5.92 Å². The molecule has 0 aromatic carbocycles. The summed E-state index contributed by atoms with van der Waals surface area (Å²) in [5, 5.41) is 4.47. The Morgan fingerprint density at radius 1 is 1.15 bits per heavy atom. The molecule has 0 fully saturated rings. The number of aromatic nitrogens is 3. The van der Waals surface area contributed by atoms with Gasteiger partial charge in [-0.2, -0.15) is 0 Å². The second kappa shape index (κ2) is 2.93. The zero-order valence-corrected chi connectivity index (χ0v) is 6.86. The second-order valence-corrected chi connectivity index (χ2v) is 2.90. The quantitative estimate of drug-likeness (QED) is 0.648. The van der Waals surface area contributed by atoms with E-state index < -0.39 is 11.4 Å². The minimum atomic E-state index is -0.390. The summed E-state index contributed by atoms with van der Waals surface area (Å²) in [4.78, 5) is 22.1. The van der Waals surface area contributed by atoms with Crippen LogP contribution in [-0.4, -0.2) is 14.8 Å². The molecule has 2 N–H and O–H groups in total. The minimum absolute atomic E-state index is 0.148. The maximum atomic E-state index is 11.1. The fourth-order valence-electron chi connectivity index (χ4n) is 1.31. The van der Waals surface area contributed by atoms with Crippen LogP contribution >= 0.6 is 0 Å². The Morgan fingerprint density at radius 3 is 2.23 bits per heavy atom. The van der Waals surface area contributed by atoms with Gasteiger partial charge < -0.3 is 0 Å². The van der Waals surface area contributed by atoms with Crippen molar-refractivity contribution in [3.8, 4) is 0 Å². The van der Waals surface area contributed by atoms with Crippen LogP contribution in [0.15, 0.2) is 33.9 Å². The van der Waals surface area contributed by atoms with Crippen molar-refractivity contribution in [3.63, 3.8) is 0 Å². The molecule has 0 aliphatic heterocycles. The monoisotopic (exact) mass is 179 g/mol. The van der Waals surface area contributed by atoms with Crippen LogP contribution in [0.25, 0.3) is 0 Å². The molecule has 1 aromatic rings. The lowest BCUT2D eigenvalue weighted by Crippen LogP contribution is -2.28. The lowest BCUT2D eigenvalue weighted by Gasteiger charge is -2.02. The summed E-state index contributed by atoms with van der Waals surface area (Å²) in [6.07, 6.45) is 7.69. The van der Waals surface area contributed by atoms with Crippen LogP contribution in [-0.2, 0) is 6.54 Å². The van der Waals surface area contributed by atoms with Gasteiger partial charge in [-0.3, -0.25) is 0 Å². The first-order chi connectivity index (χ1) is 6.27. The van der Waals surface area contributed by atoms with Crippen molar-refractivity contribution in [3.05, 3.63) is 45.3 Å². The van der Waals surface area contributed by atoms with Gasteiger partial charge in [0.25, 0.3) is 0 Å². The molecule has 68 valence electrons. The molecule has 1 heterocycles. The molecule has 0 spiro atoms. The maximum Gasteiger partial charge on any atom is 0.344 e. The van der Waals surface area contributed by atoms with Crippen LogP contribution in [0.3, 0.4) is 0 Å². The molecule has 0 unspecified atom stereocenters. The summed E-state index contributed by atoms with van der Waals surface area (Å²) in [5.41, 5.74) is -0.780. The molecule has 2 rings (SSSR count). The van der Waals surface area contributed by atoms with E-state index in [2.05, 4.69) is 10.2 Å². The fraction of sp³-hybridized carbons (Fsp3) is 0.250. The van der Waals surface area contributed by atoms with E-state index in [4.69, 9.17) is 0 Å². The Balaban J connectivity index is 2.27. The molecule has 1 aliphatic carbocycles. The normalized spacial score (nSPS) is 15.7. The van der Waals surface area contributed by atoms with Crippen molar-refractivity contribution >= 4 is 0 Å². The average molecular weight is 179 g/mol. The first-order valence-electron chi connectivity index (χ1n) is 4.00. The zero-order valence-electron chi connectivity index (χ0n) is 6.86. The average Bonchev–Trinajstić information content (AvgIpc) is 2.70. The lowest BCUT2D eigenvalue weighted by atomic mass is 10.2. The molecule has 5 heteroatoms. The van der Waals surface area contributed by atoms with E-state index >= 15 is 0 Å². The van der Waals surface area contributed by atoms with Crippen LogP contribution in [0.5, 0.6) is 0 Å². The van der Waals surface area contributed by atoms with Gasteiger partial charge >= 0.3 is 11.4 Å². The zero-order chi connectivity index (χ0) is 9.26. The Hall–Kier alpha value is -1.78. The number of hydrogen-bond acceptors (Lipinski definition) is 2. The Morgan fingerprint density at radius 2 is 1.69 bits per heavy atom. The fourth-order valence-corrected chi connectivity index (χ4v) is 1.31. The number of rotatable bonds is 2. The molecule has 5 nitrogen and oxygen atoms in total. The number of hydrogen-bond donors (Lipinski definition) is 2. The van der Waals surface area contributed by atoms with Crippen molar-refractivity contribution in [2.75, 3.05) is 0 Å². The van der Waals surface area contributed by atoms with Gasteiger partial charge in [0.05, 0.1) is 0 Å². The molecular weight excluding hydrogens is 170 g/mol. The van der Waals surface area contributed by atoms with E-state index in [0.29, 0.717) is 6.54 Å². The SMILES string of the molecule is O=c1[nH][nH]c(=O)n1CC1C=CC=C1. The van der Waals surface area contributed by atoms with E-state index in [-0.39, 0.29) is 5.92 Å². The molecule has 0 saturated carbocycles. The van der Waals surface area contributed by atoms with Crippen molar-refractivity contribution in [1.82, 2.24) is 14.8 Å². The summed E-state index contributed by atoms with van der Waals surface area (Å²) < 4.78 is 1.14. The molecule has 0 bridgehead atoms. The Bertz CT molecular complexity index is 421. The molecule has 13 heavy (non-hydrogen) atoms. The third kappa shape index (κ3) is 1.40. The van der Waals surface area contributed by atoms with Gasteiger partial charge in [-0.1, -0.05) is 24.3 Å². The van der Waals surface area contributed by atoms with Gasteiger partial charge in [-0.15, -0.1) is 0 Å². The first-order valence-corrected chi connectivity index (χ1v) is 4.00. The molecule has 1 aromatic heterocycles. The molecule has 1 aliphatic rings. The molecule has 0 saturated heterocycles. The number of allylic oxidation sites excluding steroid dienone is 4. The lowest BCUT2D eigenvalue weighted by molar-refractivity contribution is 0.585. The van der Waals surface area contributed by atoms with Crippen molar-refractivity contribution < 1.29 is 0 Å². The van der Waals surface area contributed by atoms with Crippen LogP contribution in [0.4, 0.5) is 0 Å². The highest BCUT2D eigenvalue weighted by molar-refractivity contribution is 5.17. The number of nitrogens with one attached hydrogen (secondary N) is 2. The van der Waals surface area contributed by atoms with Gasteiger partial charge in [-0.05, 0) is 0 Å². The third-order valence-corrected chi connectivity index (χ3v) is 1.99. The van der Waals surface area contributed by atoms with Gasteiger partial charge in [0.2, 0.25) is 0 Å². The summed E-state index contributed by atoms with van der Waals surface area (Å²) in [7, 11) is 0. The smallest absolute Gasteiger partial charge is 0.247 e. The van der Waals surface area contributed by atoms with Crippen molar-refractivity contribution in [1.29, 1.82) is 0 Å². The highest BCUT2D eigenvalue weighted by Crippen LogP contribution is 2.08. The van der Waals surface area contributed by atoms with E-state index in [9.17, 15) is 9.59 Å². The van der Waals surface area contributed by atoms with Crippen molar-refractivity contribution in [2.45, 2.75) is 6.54 Å². The van der Waals surface area contributed by atoms with E-state index in [1.54, 1.807) is 0 Å². The highest BCUT2D eigenvalue weighted by atomic mass is 16.2. The van der Waals surface area contributed by atoms with Gasteiger partial charge in [0, 0.05) is 12.5 Å². The van der Waals surface area contributed by atoms with Crippen LogP contribution in [0.2, 0.25) is 0 Å².